The first-order valence-corrected chi connectivity index (χ1v) is 7.94. The minimum atomic E-state index is -0.579. The molecule has 0 heterocycles. The van der Waals surface area contributed by atoms with E-state index in [1.54, 1.807) is 0 Å². The summed E-state index contributed by atoms with van der Waals surface area (Å²) in [4.78, 5) is 0. The van der Waals surface area contributed by atoms with Crippen molar-refractivity contribution in [1.29, 1.82) is 0 Å². The largest absolute Gasteiger partial charge is 0.384 e. The second-order valence-electron chi connectivity index (χ2n) is 5.27. The highest BCUT2D eigenvalue weighted by Crippen LogP contribution is 2.29. The minimum Gasteiger partial charge on any atom is -0.384 e. The normalized spacial score (nSPS) is 12.4. The van der Waals surface area contributed by atoms with Crippen LogP contribution in [-0.2, 0) is 6.42 Å². The van der Waals surface area contributed by atoms with E-state index in [2.05, 4.69) is 35.0 Å². The molecule has 0 aliphatic heterocycles. The van der Waals surface area contributed by atoms with Gasteiger partial charge in [-0.3, -0.25) is 0 Å². The number of halogens is 1. The van der Waals surface area contributed by atoms with Crippen molar-refractivity contribution in [2.45, 2.75) is 39.2 Å². The molecular formula is C18H21BrO. The van der Waals surface area contributed by atoms with Gasteiger partial charge in [-0.1, -0.05) is 65.7 Å². The van der Waals surface area contributed by atoms with Gasteiger partial charge in [0.05, 0.1) is 0 Å². The summed E-state index contributed by atoms with van der Waals surface area (Å²) in [7, 11) is 0. The van der Waals surface area contributed by atoms with Gasteiger partial charge in [0, 0.05) is 4.47 Å². The number of aliphatic hydroxyl groups excluding tert-OH is 1. The molecule has 0 radical (unpaired) electrons. The van der Waals surface area contributed by atoms with Gasteiger partial charge in [0.25, 0.3) is 0 Å². The zero-order valence-corrected chi connectivity index (χ0v) is 13.7. The molecule has 0 amide bonds. The van der Waals surface area contributed by atoms with E-state index in [4.69, 9.17) is 0 Å². The lowest BCUT2D eigenvalue weighted by molar-refractivity contribution is 0.219. The predicted molar refractivity (Wildman–Crippen MR) is 88.0 cm³/mol. The van der Waals surface area contributed by atoms with Crippen LogP contribution in [0, 0.1) is 6.92 Å². The third-order valence-electron chi connectivity index (χ3n) is 3.57. The maximum atomic E-state index is 10.5. The fourth-order valence-electron chi connectivity index (χ4n) is 2.28. The number of benzene rings is 2. The summed E-state index contributed by atoms with van der Waals surface area (Å²) in [6.07, 6.45) is 2.96. The van der Waals surface area contributed by atoms with Crippen LogP contribution in [0.3, 0.4) is 0 Å². The van der Waals surface area contributed by atoms with Crippen LogP contribution in [0.4, 0.5) is 0 Å². The summed E-state index contributed by atoms with van der Waals surface area (Å²) in [5, 5.41) is 10.5. The van der Waals surface area contributed by atoms with Gasteiger partial charge < -0.3 is 5.11 Å². The molecule has 106 valence electrons. The van der Waals surface area contributed by atoms with Crippen molar-refractivity contribution >= 4 is 15.9 Å². The summed E-state index contributed by atoms with van der Waals surface area (Å²) in [6.45, 7) is 4.25. The second-order valence-corrected chi connectivity index (χ2v) is 6.13. The van der Waals surface area contributed by atoms with E-state index in [0.29, 0.717) is 0 Å². The molecule has 2 heteroatoms. The van der Waals surface area contributed by atoms with Crippen LogP contribution in [0.2, 0.25) is 0 Å². The lowest BCUT2D eigenvalue weighted by atomic mass is 9.98. The molecule has 0 saturated carbocycles. The van der Waals surface area contributed by atoms with E-state index in [1.807, 2.05) is 37.3 Å². The van der Waals surface area contributed by atoms with E-state index in [1.165, 1.54) is 24.0 Å². The van der Waals surface area contributed by atoms with Crippen LogP contribution in [0.15, 0.2) is 46.9 Å². The maximum Gasteiger partial charge on any atom is 0.105 e. The highest BCUT2D eigenvalue weighted by atomic mass is 79.9. The molecule has 1 unspecified atom stereocenters. The Morgan fingerprint density at radius 2 is 1.80 bits per heavy atom. The Balaban J connectivity index is 2.18. The van der Waals surface area contributed by atoms with Crippen molar-refractivity contribution in [1.82, 2.24) is 0 Å². The van der Waals surface area contributed by atoms with Crippen molar-refractivity contribution in [3.8, 4) is 0 Å². The van der Waals surface area contributed by atoms with Crippen LogP contribution in [0.1, 0.15) is 48.1 Å². The standard InChI is InChI=1S/C18H21BrO/c1-3-4-5-14-7-9-15(10-8-14)18(20)16-11-6-13(2)12-17(16)19/h6-12,18,20H,3-5H2,1-2H3. The minimum absolute atomic E-state index is 0.579. The first kappa shape index (κ1) is 15.3. The summed E-state index contributed by atoms with van der Waals surface area (Å²) in [5.74, 6) is 0. The first-order valence-electron chi connectivity index (χ1n) is 7.14. The Morgan fingerprint density at radius 3 is 2.40 bits per heavy atom. The second kappa shape index (κ2) is 7.05. The van der Waals surface area contributed by atoms with Gasteiger partial charge in [-0.15, -0.1) is 0 Å². The van der Waals surface area contributed by atoms with E-state index in [9.17, 15) is 5.11 Å². The van der Waals surface area contributed by atoms with Gasteiger partial charge in [-0.25, -0.2) is 0 Å². The van der Waals surface area contributed by atoms with Crippen LogP contribution < -0.4 is 0 Å². The Kier molecular flexibility index (Phi) is 5.38. The van der Waals surface area contributed by atoms with Gasteiger partial charge in [0.2, 0.25) is 0 Å². The Labute approximate surface area is 129 Å². The molecule has 0 aliphatic rings. The summed E-state index contributed by atoms with van der Waals surface area (Å²) in [6, 6.07) is 14.3. The highest BCUT2D eigenvalue weighted by Gasteiger charge is 2.13. The topological polar surface area (TPSA) is 20.2 Å². The molecule has 0 fully saturated rings. The lowest BCUT2D eigenvalue weighted by Crippen LogP contribution is -2.01. The maximum absolute atomic E-state index is 10.5. The number of hydrogen-bond acceptors (Lipinski definition) is 1. The fourth-order valence-corrected chi connectivity index (χ4v) is 2.99. The third-order valence-corrected chi connectivity index (χ3v) is 4.25. The van der Waals surface area contributed by atoms with Crippen LogP contribution in [0.5, 0.6) is 0 Å². The third kappa shape index (κ3) is 3.71. The molecule has 0 spiro atoms. The Hall–Kier alpha value is -1.12. The van der Waals surface area contributed by atoms with Crippen molar-refractivity contribution in [3.05, 3.63) is 69.2 Å². The van der Waals surface area contributed by atoms with E-state index < -0.39 is 6.10 Å². The molecular weight excluding hydrogens is 312 g/mol. The van der Waals surface area contributed by atoms with Gasteiger partial charge in [-0.2, -0.15) is 0 Å². The van der Waals surface area contributed by atoms with Crippen molar-refractivity contribution < 1.29 is 5.11 Å². The highest BCUT2D eigenvalue weighted by molar-refractivity contribution is 9.10. The van der Waals surface area contributed by atoms with E-state index >= 15 is 0 Å². The molecule has 1 N–H and O–H groups in total. The molecule has 1 nitrogen and oxygen atoms in total. The zero-order chi connectivity index (χ0) is 14.5. The van der Waals surface area contributed by atoms with Crippen LogP contribution in [0.25, 0.3) is 0 Å². The Morgan fingerprint density at radius 1 is 1.10 bits per heavy atom. The number of hydrogen-bond donors (Lipinski definition) is 1. The number of aryl methyl sites for hydroxylation is 2. The average Bonchev–Trinajstić information content (AvgIpc) is 2.45. The van der Waals surface area contributed by atoms with Crippen LogP contribution in [-0.4, -0.2) is 5.11 Å². The smallest absolute Gasteiger partial charge is 0.105 e. The SMILES string of the molecule is CCCCc1ccc(C(O)c2ccc(C)cc2Br)cc1. The quantitative estimate of drug-likeness (QED) is 0.799. The lowest BCUT2D eigenvalue weighted by Gasteiger charge is -2.14. The fraction of sp³-hybridized carbons (Fsp3) is 0.333. The summed E-state index contributed by atoms with van der Waals surface area (Å²) in [5.41, 5.74) is 4.38. The monoisotopic (exact) mass is 332 g/mol. The van der Waals surface area contributed by atoms with Gasteiger partial charge in [-0.05, 0) is 48.1 Å². The molecule has 2 rings (SSSR count). The van der Waals surface area contributed by atoms with Crippen molar-refractivity contribution in [3.63, 3.8) is 0 Å². The average molecular weight is 333 g/mol. The van der Waals surface area contributed by atoms with Gasteiger partial charge in [0.1, 0.15) is 6.10 Å². The van der Waals surface area contributed by atoms with Gasteiger partial charge in [0.15, 0.2) is 0 Å². The van der Waals surface area contributed by atoms with Crippen molar-refractivity contribution in [2.75, 3.05) is 0 Å². The molecule has 0 saturated heterocycles. The predicted octanol–water partition coefficient (Wildman–Crippen LogP) is 5.18. The molecule has 2 aromatic rings. The molecule has 1 atom stereocenters. The number of aliphatic hydroxyl groups is 1. The molecule has 20 heavy (non-hydrogen) atoms. The van der Waals surface area contributed by atoms with E-state index in [0.717, 1.165) is 22.0 Å². The number of rotatable bonds is 5. The molecule has 2 aromatic carbocycles. The summed E-state index contributed by atoms with van der Waals surface area (Å²) >= 11 is 3.53. The van der Waals surface area contributed by atoms with Gasteiger partial charge >= 0.3 is 0 Å². The van der Waals surface area contributed by atoms with Crippen molar-refractivity contribution in [2.24, 2.45) is 0 Å². The zero-order valence-electron chi connectivity index (χ0n) is 12.1. The molecule has 0 aliphatic carbocycles. The summed E-state index contributed by atoms with van der Waals surface area (Å²) < 4.78 is 0.958. The van der Waals surface area contributed by atoms with E-state index in [-0.39, 0.29) is 0 Å². The first-order chi connectivity index (χ1) is 9.61. The Bertz CT molecular complexity index is 560. The molecule has 0 bridgehead atoms. The molecule has 0 aromatic heterocycles. The number of unbranched alkanes of at least 4 members (excludes halogenated alkanes) is 1. The van der Waals surface area contributed by atoms with Crippen LogP contribution >= 0.6 is 15.9 Å².